The maximum atomic E-state index is 5.31. The van der Waals surface area contributed by atoms with E-state index in [1.807, 2.05) is 7.05 Å². The fourth-order valence-electron chi connectivity index (χ4n) is 2.57. The van der Waals surface area contributed by atoms with Gasteiger partial charge in [0.1, 0.15) is 5.75 Å². The highest BCUT2D eigenvalue weighted by Gasteiger charge is 2.23. The van der Waals surface area contributed by atoms with Crippen molar-refractivity contribution in [2.45, 2.75) is 18.8 Å². The second-order valence-electron chi connectivity index (χ2n) is 4.72. The van der Waals surface area contributed by atoms with E-state index in [1.165, 1.54) is 24.1 Å². The molecule has 0 radical (unpaired) electrons. The Morgan fingerprint density at radius 3 is 3.00 bits per heavy atom. The molecule has 1 N–H and O–H groups in total. The number of anilines is 1. The molecule has 1 aromatic rings. The minimum atomic E-state index is 0.680. The van der Waals surface area contributed by atoms with E-state index in [0.717, 1.165) is 18.8 Å². The third-order valence-corrected chi connectivity index (χ3v) is 3.64. The zero-order valence-corrected chi connectivity index (χ0v) is 11.0. The second kappa shape index (κ2) is 5.41. The monoisotopic (exact) mass is 234 g/mol. The molecule has 0 fully saturated rings. The molecule has 0 aromatic heterocycles. The summed E-state index contributed by atoms with van der Waals surface area (Å²) in [6.45, 7) is 2.22. The van der Waals surface area contributed by atoms with Gasteiger partial charge in [-0.05, 0) is 44.0 Å². The van der Waals surface area contributed by atoms with Crippen molar-refractivity contribution < 1.29 is 4.74 Å². The fourth-order valence-corrected chi connectivity index (χ4v) is 2.57. The topological polar surface area (TPSA) is 24.5 Å². The van der Waals surface area contributed by atoms with Gasteiger partial charge in [-0.3, -0.25) is 0 Å². The molecule has 3 nitrogen and oxygen atoms in total. The number of nitrogens with one attached hydrogen (secondary N) is 1. The lowest BCUT2D eigenvalue weighted by molar-refractivity contribution is 0.414. The van der Waals surface area contributed by atoms with Crippen LogP contribution in [-0.4, -0.2) is 34.3 Å². The SMILES string of the molecule is CNCCC1CCN(C)c2cc(OC)ccc21. The molecule has 1 heterocycles. The van der Waals surface area contributed by atoms with Crippen LogP contribution < -0.4 is 15.0 Å². The number of ether oxygens (including phenoxy) is 1. The minimum absolute atomic E-state index is 0.680. The van der Waals surface area contributed by atoms with Crippen LogP contribution in [0.15, 0.2) is 18.2 Å². The first-order chi connectivity index (χ1) is 8.26. The standard InChI is InChI=1S/C14H22N2O/c1-15-8-6-11-7-9-16(2)14-10-12(17-3)4-5-13(11)14/h4-5,10-11,15H,6-9H2,1-3H3. The summed E-state index contributed by atoms with van der Waals surface area (Å²) < 4.78 is 5.31. The van der Waals surface area contributed by atoms with Gasteiger partial charge in [0.05, 0.1) is 7.11 Å². The van der Waals surface area contributed by atoms with Crippen LogP contribution in [0.4, 0.5) is 5.69 Å². The molecule has 2 rings (SSSR count). The van der Waals surface area contributed by atoms with Crippen LogP contribution in [-0.2, 0) is 0 Å². The van der Waals surface area contributed by atoms with E-state index in [4.69, 9.17) is 4.74 Å². The van der Waals surface area contributed by atoms with Crippen molar-refractivity contribution in [3.63, 3.8) is 0 Å². The highest BCUT2D eigenvalue weighted by molar-refractivity contribution is 5.59. The van der Waals surface area contributed by atoms with Crippen molar-refractivity contribution in [3.05, 3.63) is 23.8 Å². The van der Waals surface area contributed by atoms with Crippen molar-refractivity contribution in [1.29, 1.82) is 0 Å². The first-order valence-electron chi connectivity index (χ1n) is 6.30. The van der Waals surface area contributed by atoms with E-state index in [2.05, 4.69) is 35.5 Å². The molecule has 1 aromatic carbocycles. The Bertz CT molecular complexity index is 378. The Labute approximate surface area is 104 Å². The van der Waals surface area contributed by atoms with Crippen LogP contribution in [0, 0.1) is 0 Å². The molecular formula is C14H22N2O. The lowest BCUT2D eigenvalue weighted by Gasteiger charge is -2.33. The van der Waals surface area contributed by atoms with Gasteiger partial charge in [-0.25, -0.2) is 0 Å². The van der Waals surface area contributed by atoms with Gasteiger partial charge >= 0.3 is 0 Å². The van der Waals surface area contributed by atoms with Gasteiger partial charge in [-0.15, -0.1) is 0 Å². The molecule has 17 heavy (non-hydrogen) atoms. The summed E-state index contributed by atoms with van der Waals surface area (Å²) in [5.74, 6) is 1.63. The van der Waals surface area contributed by atoms with E-state index >= 15 is 0 Å². The number of hydrogen-bond acceptors (Lipinski definition) is 3. The maximum Gasteiger partial charge on any atom is 0.120 e. The van der Waals surface area contributed by atoms with Gasteiger partial charge in [0.25, 0.3) is 0 Å². The van der Waals surface area contributed by atoms with Crippen LogP contribution in [0.1, 0.15) is 24.3 Å². The lowest BCUT2D eigenvalue weighted by atomic mass is 9.87. The molecule has 0 saturated carbocycles. The fraction of sp³-hybridized carbons (Fsp3) is 0.571. The minimum Gasteiger partial charge on any atom is -0.497 e. The molecule has 1 aliphatic rings. The summed E-state index contributed by atoms with van der Waals surface area (Å²) in [5, 5.41) is 3.24. The predicted molar refractivity (Wildman–Crippen MR) is 72.2 cm³/mol. The van der Waals surface area contributed by atoms with Crippen LogP contribution in [0.2, 0.25) is 0 Å². The summed E-state index contributed by atoms with van der Waals surface area (Å²) in [6, 6.07) is 6.45. The lowest BCUT2D eigenvalue weighted by Crippen LogP contribution is -2.28. The largest absolute Gasteiger partial charge is 0.497 e. The number of hydrogen-bond donors (Lipinski definition) is 1. The van der Waals surface area contributed by atoms with E-state index in [-0.39, 0.29) is 0 Å². The second-order valence-corrected chi connectivity index (χ2v) is 4.72. The third-order valence-electron chi connectivity index (χ3n) is 3.64. The number of benzene rings is 1. The molecule has 0 bridgehead atoms. The Kier molecular flexibility index (Phi) is 3.89. The van der Waals surface area contributed by atoms with Gasteiger partial charge in [-0.2, -0.15) is 0 Å². The van der Waals surface area contributed by atoms with Gasteiger partial charge in [0.15, 0.2) is 0 Å². The van der Waals surface area contributed by atoms with Crippen LogP contribution >= 0.6 is 0 Å². The summed E-state index contributed by atoms with van der Waals surface area (Å²) in [5.41, 5.74) is 2.80. The number of nitrogens with zero attached hydrogens (tertiary/aromatic N) is 1. The first-order valence-corrected chi connectivity index (χ1v) is 6.30. The molecular weight excluding hydrogens is 212 g/mol. The smallest absolute Gasteiger partial charge is 0.120 e. The van der Waals surface area contributed by atoms with Crippen LogP contribution in [0.25, 0.3) is 0 Å². The molecule has 0 amide bonds. The van der Waals surface area contributed by atoms with Gasteiger partial charge in [0, 0.05) is 25.3 Å². The van der Waals surface area contributed by atoms with Crippen molar-refractivity contribution in [2.24, 2.45) is 0 Å². The molecule has 0 saturated heterocycles. The molecule has 3 heteroatoms. The Hall–Kier alpha value is -1.22. The van der Waals surface area contributed by atoms with E-state index < -0.39 is 0 Å². The van der Waals surface area contributed by atoms with E-state index in [9.17, 15) is 0 Å². The molecule has 0 spiro atoms. The summed E-state index contributed by atoms with van der Waals surface area (Å²) in [7, 11) is 5.90. The van der Waals surface area contributed by atoms with E-state index in [0.29, 0.717) is 5.92 Å². The molecule has 1 unspecified atom stereocenters. The normalized spacial score (nSPS) is 19.0. The van der Waals surface area contributed by atoms with Crippen molar-refractivity contribution in [1.82, 2.24) is 5.32 Å². The average molecular weight is 234 g/mol. The first kappa shape index (κ1) is 12.2. The Morgan fingerprint density at radius 1 is 1.47 bits per heavy atom. The van der Waals surface area contributed by atoms with Crippen LogP contribution in [0.5, 0.6) is 5.75 Å². The molecule has 94 valence electrons. The summed E-state index contributed by atoms with van der Waals surface area (Å²) in [6.07, 6.45) is 2.46. The molecule has 1 aliphatic heterocycles. The Morgan fingerprint density at radius 2 is 2.29 bits per heavy atom. The van der Waals surface area contributed by atoms with Crippen molar-refractivity contribution in [3.8, 4) is 5.75 Å². The number of methoxy groups -OCH3 is 1. The zero-order chi connectivity index (χ0) is 12.3. The average Bonchev–Trinajstić information content (AvgIpc) is 2.38. The quantitative estimate of drug-likeness (QED) is 0.864. The third kappa shape index (κ3) is 2.55. The van der Waals surface area contributed by atoms with Crippen LogP contribution in [0.3, 0.4) is 0 Å². The van der Waals surface area contributed by atoms with Crippen molar-refractivity contribution in [2.75, 3.05) is 39.2 Å². The van der Waals surface area contributed by atoms with Gasteiger partial charge in [-0.1, -0.05) is 6.07 Å². The van der Waals surface area contributed by atoms with E-state index in [1.54, 1.807) is 7.11 Å². The predicted octanol–water partition coefficient (Wildman–Crippen LogP) is 2.23. The summed E-state index contributed by atoms with van der Waals surface area (Å²) in [4.78, 5) is 2.33. The summed E-state index contributed by atoms with van der Waals surface area (Å²) >= 11 is 0. The zero-order valence-electron chi connectivity index (χ0n) is 11.0. The van der Waals surface area contributed by atoms with Crippen molar-refractivity contribution >= 4 is 5.69 Å². The molecule has 1 atom stereocenters. The van der Waals surface area contributed by atoms with Gasteiger partial charge < -0.3 is 15.0 Å². The molecule has 0 aliphatic carbocycles. The number of rotatable bonds is 4. The van der Waals surface area contributed by atoms with Gasteiger partial charge in [0.2, 0.25) is 0 Å². The highest BCUT2D eigenvalue weighted by Crippen LogP contribution is 2.38. The maximum absolute atomic E-state index is 5.31. The number of fused-ring (bicyclic) bond motifs is 1. The highest BCUT2D eigenvalue weighted by atomic mass is 16.5. The Balaban J connectivity index is 2.26.